The number of benzene rings is 9. The van der Waals surface area contributed by atoms with E-state index in [1.165, 1.54) is 21.8 Å². The summed E-state index contributed by atoms with van der Waals surface area (Å²) in [7, 11) is 0. The van der Waals surface area contributed by atoms with Gasteiger partial charge in [0.05, 0.1) is 23.3 Å². The summed E-state index contributed by atoms with van der Waals surface area (Å²) in [5.74, 6) is -0.239. The number of carbonyl (C=O) groups is 4. The molecule has 0 bridgehead atoms. The number of urea groups is 3. The Morgan fingerprint density at radius 3 is 0.990 bits per heavy atom. The van der Waals surface area contributed by atoms with E-state index < -0.39 is 28.1 Å². The molecule has 12 rings (SSSR count). The van der Waals surface area contributed by atoms with E-state index in [0.717, 1.165) is 16.4 Å². The standard InChI is InChI=1S/C26H23Cl2N3O2.C25H23Cl2IN2O2.C19H18Cl2N2O2.C6H4I2/c1-4-16-25(2)26(33,18-6-5-7-21(17-18)29-3)31(23-14-10-20(28)11-15-23)24(32)30(25)22-12-8-19(27)9-13-22;1-3-15-24(2)25(32,17-5-4-6-20(28)16-17)30(22-13-9-19(27)10-14-22)23(31)29(24)21-11-7-18(26)8-12-21;1-3-12-19(2)17(24)22(15-8-4-13(20)5-9-15)18(25)23(19)16-10-6-14(21)7-11-16;7-5-2-1-3-6(8)4-5/h5-15,17,33H,4,16H2,1-2H3;4-14,16,32H,3,15H2,1-2H3;4-11H,3,12H2,1-2H3;1-4H. The Morgan fingerprint density at radius 2 is 0.673 bits per heavy atom. The second kappa shape index (κ2) is 32.2. The topological polar surface area (TPSA) is 133 Å². The maximum Gasteiger partial charge on any atom is 0.336 e. The summed E-state index contributed by atoms with van der Waals surface area (Å²) in [6, 6.07) is 63.3. The highest BCUT2D eigenvalue weighted by atomic mass is 127. The van der Waals surface area contributed by atoms with Crippen LogP contribution >= 0.6 is 137 Å². The summed E-state index contributed by atoms with van der Waals surface area (Å²) >= 11 is 43.2. The molecule has 3 fully saturated rings. The fourth-order valence-corrected chi connectivity index (χ4v) is 16.0. The molecular weight excluding hydrogens is 1700 g/mol. The Balaban J connectivity index is 0.000000164. The molecule has 2 N–H and O–H groups in total. The maximum atomic E-state index is 14.1. The van der Waals surface area contributed by atoms with Crippen molar-refractivity contribution in [2.24, 2.45) is 0 Å². The van der Waals surface area contributed by atoms with Gasteiger partial charge in [-0.2, -0.15) is 0 Å². The second-order valence-corrected chi connectivity index (χ2v) is 30.4. The van der Waals surface area contributed by atoms with Crippen molar-refractivity contribution in [1.82, 2.24) is 0 Å². The largest absolute Gasteiger partial charge is 0.365 e. The normalized spacial score (nSPS) is 21.1. The van der Waals surface area contributed by atoms with Crippen LogP contribution in [0.4, 0.5) is 54.2 Å². The third-order valence-electron chi connectivity index (χ3n) is 17.6. The Morgan fingerprint density at radius 1 is 0.378 bits per heavy atom. The molecule has 0 aromatic heterocycles. The molecule has 0 aliphatic carbocycles. The van der Waals surface area contributed by atoms with Gasteiger partial charge in [-0.25, -0.2) is 24.1 Å². The highest BCUT2D eigenvalue weighted by molar-refractivity contribution is 14.1. The third kappa shape index (κ3) is 15.2. The van der Waals surface area contributed by atoms with Crippen LogP contribution in [0.3, 0.4) is 0 Å². The summed E-state index contributed by atoms with van der Waals surface area (Å²) in [6.45, 7) is 19.1. The number of amides is 7. The lowest BCUT2D eigenvalue weighted by Gasteiger charge is -2.45. The predicted molar refractivity (Wildman–Crippen MR) is 426 cm³/mol. The van der Waals surface area contributed by atoms with E-state index in [2.05, 4.69) is 104 Å². The molecular formula is C76H68Cl6I3N7O6. The van der Waals surface area contributed by atoms with Crippen LogP contribution in [0.5, 0.6) is 0 Å². The van der Waals surface area contributed by atoms with Crippen LogP contribution in [-0.2, 0) is 16.2 Å². The molecule has 506 valence electrons. The summed E-state index contributed by atoms with van der Waals surface area (Å²) in [5.41, 5.74) is -1.34. The first-order chi connectivity index (χ1) is 46.6. The molecule has 0 radical (unpaired) electrons. The molecule has 7 amide bonds. The molecule has 9 aromatic rings. The highest BCUT2D eigenvalue weighted by Gasteiger charge is 2.67. The van der Waals surface area contributed by atoms with Crippen LogP contribution in [0.2, 0.25) is 30.1 Å². The Hall–Kier alpha value is -6.20. The molecule has 13 nitrogen and oxygen atoms in total. The number of anilines is 6. The first-order valence-electron chi connectivity index (χ1n) is 31.3. The quantitative estimate of drug-likeness (QED) is 0.0633. The number of imide groups is 1. The van der Waals surface area contributed by atoms with Crippen LogP contribution < -0.4 is 29.4 Å². The van der Waals surface area contributed by atoms with Gasteiger partial charge in [0.25, 0.3) is 5.91 Å². The van der Waals surface area contributed by atoms with Gasteiger partial charge in [0.15, 0.2) is 17.1 Å². The van der Waals surface area contributed by atoms with Gasteiger partial charge in [0, 0.05) is 74.8 Å². The lowest BCUT2D eigenvalue weighted by Crippen LogP contribution is -2.58. The van der Waals surface area contributed by atoms with Gasteiger partial charge in [-0.1, -0.05) is 146 Å². The molecule has 3 aliphatic rings. The van der Waals surface area contributed by atoms with Crippen molar-refractivity contribution in [3.8, 4) is 0 Å². The van der Waals surface area contributed by atoms with Crippen molar-refractivity contribution in [2.45, 2.75) is 108 Å². The van der Waals surface area contributed by atoms with E-state index in [9.17, 15) is 29.4 Å². The van der Waals surface area contributed by atoms with Crippen molar-refractivity contribution in [3.63, 3.8) is 0 Å². The Bertz CT molecular complexity index is 4370. The SMILES string of the molecule is CCCC1(C)C(=O)N(c2ccc(Cl)cc2)C(=O)N1c1ccc(Cl)cc1.CCCC1(C)N(c2ccc(Cl)cc2)C(=O)N(c2ccc(Cl)cc2)C1(O)c1cccc(I)c1.Ic1cccc(I)c1.[C-]#[N+]c1cccc(C2(O)N(c3ccc(Cl)cc3)C(=O)N(c3ccc(Cl)cc3)C2(C)CCC)c1. The summed E-state index contributed by atoms with van der Waals surface area (Å²) < 4.78 is 3.57. The fourth-order valence-electron chi connectivity index (χ4n) is 13.1. The van der Waals surface area contributed by atoms with Gasteiger partial charge in [-0.3, -0.25) is 29.3 Å². The molecule has 0 spiro atoms. The van der Waals surface area contributed by atoms with Gasteiger partial charge in [-0.05, 0) is 295 Å². The minimum atomic E-state index is -1.77. The smallest absolute Gasteiger partial charge is 0.336 e. The monoisotopic (exact) mass is 1770 g/mol. The molecule has 5 atom stereocenters. The number of rotatable bonds is 14. The minimum absolute atomic E-state index is 0.239. The average molecular weight is 1770 g/mol. The third-order valence-corrected chi connectivity index (χ3v) is 21.1. The summed E-state index contributed by atoms with van der Waals surface area (Å²) in [4.78, 5) is 67.0. The van der Waals surface area contributed by atoms with E-state index in [0.29, 0.717) is 107 Å². The minimum Gasteiger partial charge on any atom is -0.365 e. The zero-order chi connectivity index (χ0) is 71.1. The lowest BCUT2D eigenvalue weighted by molar-refractivity contribution is -0.121. The number of hydrogen-bond acceptors (Lipinski definition) is 6. The van der Waals surface area contributed by atoms with Gasteiger partial charge in [0.1, 0.15) is 5.54 Å². The second-order valence-electron chi connectivity index (χ2n) is 24.1. The predicted octanol–water partition coefficient (Wildman–Crippen LogP) is 23.3. The Labute approximate surface area is 643 Å². The van der Waals surface area contributed by atoms with Gasteiger partial charge in [-0.15, -0.1) is 0 Å². The van der Waals surface area contributed by atoms with E-state index in [1.807, 2.05) is 64.1 Å². The van der Waals surface area contributed by atoms with Crippen LogP contribution in [0.1, 0.15) is 91.2 Å². The van der Waals surface area contributed by atoms with Crippen molar-refractivity contribution in [3.05, 3.63) is 282 Å². The first-order valence-corrected chi connectivity index (χ1v) is 36.8. The van der Waals surface area contributed by atoms with Crippen LogP contribution in [-0.4, -0.2) is 50.8 Å². The lowest BCUT2D eigenvalue weighted by atomic mass is 9.78. The zero-order valence-electron chi connectivity index (χ0n) is 54.1. The zero-order valence-corrected chi connectivity index (χ0v) is 65.1. The molecule has 22 heteroatoms. The molecule has 5 unspecified atom stereocenters. The van der Waals surface area contributed by atoms with Crippen molar-refractivity contribution in [2.75, 3.05) is 29.4 Å². The average Bonchev–Trinajstić information content (AvgIpc) is 1.54. The van der Waals surface area contributed by atoms with Crippen molar-refractivity contribution in [1.29, 1.82) is 0 Å². The van der Waals surface area contributed by atoms with Gasteiger partial charge < -0.3 is 10.2 Å². The van der Waals surface area contributed by atoms with Crippen LogP contribution in [0, 0.1) is 17.3 Å². The molecule has 3 saturated heterocycles. The number of nitrogens with zero attached hydrogens (tertiary/aromatic N) is 7. The van der Waals surface area contributed by atoms with E-state index in [4.69, 9.17) is 76.2 Å². The first kappa shape index (κ1) is 76.0. The molecule has 98 heavy (non-hydrogen) atoms. The van der Waals surface area contributed by atoms with Crippen molar-refractivity contribution >= 4 is 201 Å². The molecule has 9 aromatic carbocycles. The molecule has 3 heterocycles. The number of carbonyl (C=O) groups excluding carboxylic acids is 4. The number of halogens is 9. The van der Waals surface area contributed by atoms with E-state index >= 15 is 0 Å². The van der Waals surface area contributed by atoms with Crippen LogP contribution in [0.25, 0.3) is 4.85 Å². The van der Waals surface area contributed by atoms with Crippen molar-refractivity contribution < 1.29 is 29.4 Å². The van der Waals surface area contributed by atoms with Gasteiger partial charge >= 0.3 is 18.1 Å². The molecule has 3 aliphatic heterocycles. The Kier molecular flexibility index (Phi) is 25.0. The van der Waals surface area contributed by atoms with E-state index in [1.54, 1.807) is 179 Å². The van der Waals surface area contributed by atoms with Gasteiger partial charge in [0.2, 0.25) is 0 Å². The highest BCUT2D eigenvalue weighted by Crippen LogP contribution is 2.55. The van der Waals surface area contributed by atoms with Crippen LogP contribution in [0.15, 0.2) is 218 Å². The fraction of sp³-hybridized carbons (Fsp3) is 0.224. The maximum absolute atomic E-state index is 14.1. The number of aliphatic hydroxyl groups is 2. The summed E-state index contributed by atoms with van der Waals surface area (Å²) in [5, 5.41) is 28.5. The number of hydrogen-bond donors (Lipinski definition) is 2. The van der Waals surface area contributed by atoms with E-state index in [-0.39, 0.29) is 24.0 Å². The summed E-state index contributed by atoms with van der Waals surface area (Å²) in [6.07, 6.45) is 3.90. The molecule has 0 saturated carbocycles.